The van der Waals surface area contributed by atoms with Crippen molar-refractivity contribution in [3.63, 3.8) is 0 Å². The molecule has 2 heteroatoms. The molecule has 0 aliphatic carbocycles. The predicted octanol–water partition coefficient (Wildman–Crippen LogP) is 2.07. The molecule has 0 aromatic heterocycles. The van der Waals surface area contributed by atoms with E-state index in [9.17, 15) is 9.90 Å². The summed E-state index contributed by atoms with van der Waals surface area (Å²) in [5.74, 6) is 0. The Labute approximate surface area is 88.2 Å². The average Bonchev–Trinajstić information content (AvgIpc) is 2.30. The van der Waals surface area contributed by atoms with Crippen LogP contribution in [0.4, 0.5) is 0 Å². The van der Waals surface area contributed by atoms with Gasteiger partial charge in [-0.25, -0.2) is 0 Å². The van der Waals surface area contributed by atoms with Gasteiger partial charge in [-0.15, -0.1) is 0 Å². The molecular weight excluding hydrogens is 188 g/mol. The minimum atomic E-state index is 0.0296. The molecule has 2 aromatic carbocycles. The second-order valence-electron chi connectivity index (χ2n) is 3.46. The molecule has 76 valence electrons. The van der Waals surface area contributed by atoms with Gasteiger partial charge < -0.3 is 9.90 Å². The van der Waals surface area contributed by atoms with E-state index in [0.29, 0.717) is 6.42 Å². The van der Waals surface area contributed by atoms with Gasteiger partial charge in [0.2, 0.25) is 0 Å². The Morgan fingerprint density at radius 1 is 1.00 bits per heavy atom. The lowest BCUT2D eigenvalue weighted by molar-refractivity contribution is -0.107. The molecule has 0 bridgehead atoms. The first-order valence-electron chi connectivity index (χ1n) is 4.91. The highest BCUT2D eigenvalue weighted by molar-refractivity contribution is 5.89. The predicted molar refractivity (Wildman–Crippen MR) is 59.6 cm³/mol. The van der Waals surface area contributed by atoms with Crippen LogP contribution >= 0.6 is 0 Å². The molecule has 0 saturated heterocycles. The van der Waals surface area contributed by atoms with Crippen LogP contribution in [0.3, 0.4) is 0 Å². The quantitative estimate of drug-likeness (QED) is 0.770. The van der Waals surface area contributed by atoms with E-state index in [2.05, 4.69) is 0 Å². The summed E-state index contributed by atoms with van der Waals surface area (Å²) in [6.07, 6.45) is 1.33. The molecule has 2 rings (SSSR count). The van der Waals surface area contributed by atoms with Crippen LogP contribution in [-0.4, -0.2) is 11.4 Å². The van der Waals surface area contributed by atoms with E-state index < -0.39 is 0 Å². The van der Waals surface area contributed by atoms with Crippen molar-refractivity contribution >= 4 is 17.1 Å². The zero-order valence-electron chi connectivity index (χ0n) is 8.31. The third-order valence-corrected chi connectivity index (χ3v) is 2.58. The monoisotopic (exact) mass is 200 g/mol. The van der Waals surface area contributed by atoms with E-state index in [0.717, 1.165) is 28.2 Å². The zero-order chi connectivity index (χ0) is 10.7. The van der Waals surface area contributed by atoms with Crippen LogP contribution in [0.15, 0.2) is 36.4 Å². The first-order chi connectivity index (χ1) is 7.36. The molecule has 0 aliphatic rings. The van der Waals surface area contributed by atoms with Crippen molar-refractivity contribution in [1.82, 2.24) is 0 Å². The minimum Gasteiger partial charge on any atom is -0.392 e. The number of aldehydes is 1. The Kier molecular flexibility index (Phi) is 2.79. The Morgan fingerprint density at radius 2 is 1.60 bits per heavy atom. The summed E-state index contributed by atoms with van der Waals surface area (Å²) < 4.78 is 0. The Hall–Kier alpha value is -1.67. The Balaban J connectivity index is 2.71. The highest BCUT2D eigenvalue weighted by Gasteiger charge is 2.03. The molecular formula is C13H12O2. The van der Waals surface area contributed by atoms with Gasteiger partial charge in [0, 0.05) is 6.42 Å². The lowest BCUT2D eigenvalue weighted by Crippen LogP contribution is -1.92. The summed E-state index contributed by atoms with van der Waals surface area (Å²) in [6, 6.07) is 11.6. The fourth-order valence-electron chi connectivity index (χ4n) is 1.83. The highest BCUT2D eigenvalue weighted by Crippen LogP contribution is 2.22. The summed E-state index contributed by atoms with van der Waals surface area (Å²) in [5.41, 5.74) is 1.91. The summed E-state index contributed by atoms with van der Waals surface area (Å²) in [5, 5.41) is 11.3. The van der Waals surface area contributed by atoms with Crippen LogP contribution in [0.1, 0.15) is 11.1 Å². The van der Waals surface area contributed by atoms with Crippen molar-refractivity contribution in [3.05, 3.63) is 47.5 Å². The van der Waals surface area contributed by atoms with E-state index >= 15 is 0 Å². The van der Waals surface area contributed by atoms with Crippen LogP contribution in [0.2, 0.25) is 0 Å². The van der Waals surface area contributed by atoms with Gasteiger partial charge in [0.05, 0.1) is 6.61 Å². The van der Waals surface area contributed by atoms with E-state index in [-0.39, 0.29) is 6.61 Å². The second kappa shape index (κ2) is 4.24. The first-order valence-corrected chi connectivity index (χ1v) is 4.91. The SMILES string of the molecule is O=CCc1ccc(CO)c2ccccc12. The third-order valence-electron chi connectivity index (χ3n) is 2.58. The number of carbonyl (C=O) groups excluding carboxylic acids is 1. The van der Waals surface area contributed by atoms with Crippen molar-refractivity contribution in [1.29, 1.82) is 0 Å². The maximum absolute atomic E-state index is 10.5. The standard InChI is InChI=1S/C13H12O2/c14-8-7-10-5-6-11(9-15)13-4-2-1-3-12(10)13/h1-6,8,15H,7,9H2. The lowest BCUT2D eigenvalue weighted by Gasteiger charge is -2.07. The van der Waals surface area contributed by atoms with Crippen molar-refractivity contribution in [2.24, 2.45) is 0 Å². The van der Waals surface area contributed by atoms with Crippen LogP contribution in [0.25, 0.3) is 10.8 Å². The van der Waals surface area contributed by atoms with E-state index in [1.165, 1.54) is 0 Å². The van der Waals surface area contributed by atoms with Crippen molar-refractivity contribution in [3.8, 4) is 0 Å². The van der Waals surface area contributed by atoms with Crippen molar-refractivity contribution in [2.45, 2.75) is 13.0 Å². The molecule has 0 radical (unpaired) electrons. The van der Waals surface area contributed by atoms with Crippen molar-refractivity contribution < 1.29 is 9.90 Å². The average molecular weight is 200 g/mol. The molecule has 1 N–H and O–H groups in total. The molecule has 0 atom stereocenters. The molecule has 0 saturated carbocycles. The van der Waals surface area contributed by atoms with Crippen LogP contribution in [-0.2, 0) is 17.8 Å². The number of aliphatic hydroxyl groups excluding tert-OH is 1. The number of rotatable bonds is 3. The molecule has 2 nitrogen and oxygen atoms in total. The van der Waals surface area contributed by atoms with Crippen molar-refractivity contribution in [2.75, 3.05) is 0 Å². The molecule has 15 heavy (non-hydrogen) atoms. The number of hydrogen-bond acceptors (Lipinski definition) is 2. The van der Waals surface area contributed by atoms with E-state index in [1.807, 2.05) is 36.4 Å². The molecule has 0 fully saturated rings. The van der Waals surface area contributed by atoms with Gasteiger partial charge in [-0.1, -0.05) is 36.4 Å². The van der Waals surface area contributed by atoms with Gasteiger partial charge in [0.25, 0.3) is 0 Å². The maximum atomic E-state index is 10.5. The van der Waals surface area contributed by atoms with E-state index in [4.69, 9.17) is 0 Å². The maximum Gasteiger partial charge on any atom is 0.124 e. The summed E-state index contributed by atoms with van der Waals surface area (Å²) >= 11 is 0. The molecule has 0 amide bonds. The first kappa shape index (κ1) is 9.87. The Morgan fingerprint density at radius 3 is 2.20 bits per heavy atom. The molecule has 0 heterocycles. The summed E-state index contributed by atoms with van der Waals surface area (Å²) in [7, 11) is 0. The largest absolute Gasteiger partial charge is 0.392 e. The molecule has 0 aliphatic heterocycles. The topological polar surface area (TPSA) is 37.3 Å². The smallest absolute Gasteiger partial charge is 0.124 e. The highest BCUT2D eigenvalue weighted by atomic mass is 16.3. The van der Waals surface area contributed by atoms with Gasteiger partial charge in [0.1, 0.15) is 6.29 Å². The lowest BCUT2D eigenvalue weighted by atomic mass is 9.98. The summed E-state index contributed by atoms with van der Waals surface area (Å²) in [6.45, 7) is 0.0296. The van der Waals surface area contributed by atoms with Crippen LogP contribution in [0.5, 0.6) is 0 Å². The fraction of sp³-hybridized carbons (Fsp3) is 0.154. The molecule has 2 aromatic rings. The number of aliphatic hydroxyl groups is 1. The Bertz CT molecular complexity index is 489. The van der Waals surface area contributed by atoms with Crippen LogP contribution < -0.4 is 0 Å². The zero-order valence-corrected chi connectivity index (χ0v) is 8.31. The minimum absolute atomic E-state index is 0.0296. The summed E-state index contributed by atoms with van der Waals surface area (Å²) in [4.78, 5) is 10.5. The second-order valence-corrected chi connectivity index (χ2v) is 3.46. The van der Waals surface area contributed by atoms with Gasteiger partial charge in [-0.2, -0.15) is 0 Å². The molecule has 0 unspecified atom stereocenters. The number of hydrogen-bond donors (Lipinski definition) is 1. The van der Waals surface area contributed by atoms with Gasteiger partial charge >= 0.3 is 0 Å². The van der Waals surface area contributed by atoms with E-state index in [1.54, 1.807) is 0 Å². The van der Waals surface area contributed by atoms with Gasteiger partial charge in [-0.3, -0.25) is 0 Å². The number of fused-ring (bicyclic) bond motifs is 1. The normalized spacial score (nSPS) is 10.5. The number of benzene rings is 2. The van der Waals surface area contributed by atoms with Gasteiger partial charge in [0.15, 0.2) is 0 Å². The van der Waals surface area contributed by atoms with Crippen LogP contribution in [0, 0.1) is 0 Å². The van der Waals surface area contributed by atoms with Gasteiger partial charge in [-0.05, 0) is 21.9 Å². The fourth-order valence-corrected chi connectivity index (χ4v) is 1.83. The molecule has 0 spiro atoms. The third kappa shape index (κ3) is 1.76. The number of carbonyl (C=O) groups is 1.